The van der Waals surface area contributed by atoms with Crippen LogP contribution in [0.25, 0.3) is 0 Å². The number of hydrogen-bond acceptors (Lipinski definition) is 6. The van der Waals surface area contributed by atoms with Crippen LogP contribution in [-0.2, 0) is 16.6 Å². The average molecular weight is 312 g/mol. The number of benzene rings is 1. The summed E-state index contributed by atoms with van der Waals surface area (Å²) in [4.78, 5) is -0.0529. The highest BCUT2D eigenvalue weighted by Gasteiger charge is 2.21. The quantitative estimate of drug-likeness (QED) is 0.668. The van der Waals surface area contributed by atoms with Crippen molar-refractivity contribution in [1.82, 2.24) is 14.9 Å². The SMILES string of the molecule is COc1cc(OC)c(S(=O)(=O)NCc2ccn[nH]2)cc1N. The number of nitrogens with two attached hydrogens (primary N) is 1. The summed E-state index contributed by atoms with van der Waals surface area (Å²) in [5.41, 5.74) is 6.60. The van der Waals surface area contributed by atoms with Gasteiger partial charge in [-0.15, -0.1) is 0 Å². The van der Waals surface area contributed by atoms with Gasteiger partial charge in [0, 0.05) is 12.3 Å². The van der Waals surface area contributed by atoms with Crippen LogP contribution in [0, 0.1) is 0 Å². The van der Waals surface area contributed by atoms with Crippen molar-refractivity contribution in [1.29, 1.82) is 0 Å². The molecule has 0 bridgehead atoms. The van der Waals surface area contributed by atoms with Crippen molar-refractivity contribution in [3.8, 4) is 11.5 Å². The van der Waals surface area contributed by atoms with Crippen LogP contribution < -0.4 is 19.9 Å². The van der Waals surface area contributed by atoms with E-state index in [9.17, 15) is 8.42 Å². The molecule has 9 heteroatoms. The maximum atomic E-state index is 12.3. The van der Waals surface area contributed by atoms with Gasteiger partial charge in [0.25, 0.3) is 0 Å². The molecule has 114 valence electrons. The van der Waals surface area contributed by atoms with Gasteiger partial charge in [-0.2, -0.15) is 5.10 Å². The Labute approximate surface area is 122 Å². The van der Waals surface area contributed by atoms with Crippen LogP contribution in [0.1, 0.15) is 5.69 Å². The van der Waals surface area contributed by atoms with Crippen LogP contribution >= 0.6 is 0 Å². The monoisotopic (exact) mass is 312 g/mol. The van der Waals surface area contributed by atoms with Crippen molar-refractivity contribution in [3.63, 3.8) is 0 Å². The van der Waals surface area contributed by atoms with Gasteiger partial charge in [-0.25, -0.2) is 13.1 Å². The lowest BCUT2D eigenvalue weighted by Gasteiger charge is -2.13. The Balaban J connectivity index is 2.32. The number of nitrogens with zero attached hydrogens (tertiary/aromatic N) is 1. The number of rotatable bonds is 6. The third-order valence-electron chi connectivity index (χ3n) is 2.82. The molecule has 2 rings (SSSR count). The Hall–Kier alpha value is -2.26. The number of ether oxygens (including phenoxy) is 2. The molecule has 0 aliphatic heterocycles. The van der Waals surface area contributed by atoms with E-state index in [4.69, 9.17) is 15.2 Å². The lowest BCUT2D eigenvalue weighted by Crippen LogP contribution is -2.24. The molecule has 4 N–H and O–H groups in total. The largest absolute Gasteiger partial charge is 0.495 e. The molecule has 0 fully saturated rings. The van der Waals surface area contributed by atoms with E-state index in [0.29, 0.717) is 11.4 Å². The molecule has 0 atom stereocenters. The zero-order valence-corrected chi connectivity index (χ0v) is 12.4. The van der Waals surface area contributed by atoms with Gasteiger partial charge in [0.1, 0.15) is 16.4 Å². The Morgan fingerprint density at radius 2 is 2.00 bits per heavy atom. The Morgan fingerprint density at radius 3 is 2.57 bits per heavy atom. The Bertz CT molecular complexity index is 713. The summed E-state index contributed by atoms with van der Waals surface area (Å²) < 4.78 is 37.2. The average Bonchev–Trinajstić information content (AvgIpc) is 2.98. The van der Waals surface area contributed by atoms with Gasteiger partial charge in [0.2, 0.25) is 10.0 Å². The first-order chi connectivity index (χ1) is 9.97. The van der Waals surface area contributed by atoms with E-state index in [-0.39, 0.29) is 22.9 Å². The van der Waals surface area contributed by atoms with Crippen LogP contribution in [0.5, 0.6) is 11.5 Å². The zero-order chi connectivity index (χ0) is 15.5. The molecule has 0 spiro atoms. The molecule has 1 aromatic carbocycles. The van der Waals surface area contributed by atoms with Crippen LogP contribution in [0.3, 0.4) is 0 Å². The molecule has 0 aliphatic rings. The number of hydrogen-bond donors (Lipinski definition) is 3. The summed E-state index contributed by atoms with van der Waals surface area (Å²) in [6.45, 7) is 0.0808. The molecule has 1 aromatic heterocycles. The molecule has 2 aromatic rings. The van der Waals surface area contributed by atoms with Crippen LogP contribution in [0.15, 0.2) is 29.3 Å². The first-order valence-corrected chi connectivity index (χ1v) is 7.45. The number of aromatic amines is 1. The zero-order valence-electron chi connectivity index (χ0n) is 11.6. The standard InChI is InChI=1S/C12H16N4O4S/c1-19-10-6-11(20-2)12(5-9(10)13)21(17,18)15-7-8-3-4-14-16-8/h3-6,15H,7,13H2,1-2H3,(H,14,16). The Kier molecular flexibility index (Phi) is 4.34. The lowest BCUT2D eigenvalue weighted by molar-refractivity contribution is 0.387. The minimum absolute atomic E-state index is 0.0529. The highest BCUT2D eigenvalue weighted by atomic mass is 32.2. The maximum Gasteiger partial charge on any atom is 0.244 e. The minimum atomic E-state index is -3.78. The molecule has 0 radical (unpaired) electrons. The van der Waals surface area contributed by atoms with Crippen LogP contribution in [-0.4, -0.2) is 32.8 Å². The topological polar surface area (TPSA) is 119 Å². The molecule has 0 aliphatic carbocycles. The molecule has 0 unspecified atom stereocenters. The maximum absolute atomic E-state index is 12.3. The van der Waals surface area contributed by atoms with Crippen molar-refractivity contribution in [2.75, 3.05) is 20.0 Å². The van der Waals surface area contributed by atoms with E-state index in [1.807, 2.05) is 0 Å². The number of nitrogen functional groups attached to an aromatic ring is 1. The second-order valence-electron chi connectivity index (χ2n) is 4.15. The summed E-state index contributed by atoms with van der Waals surface area (Å²) in [6, 6.07) is 4.40. The summed E-state index contributed by atoms with van der Waals surface area (Å²) in [7, 11) is -0.971. The van der Waals surface area contributed by atoms with E-state index in [1.54, 1.807) is 6.07 Å². The third-order valence-corrected chi connectivity index (χ3v) is 4.24. The highest BCUT2D eigenvalue weighted by molar-refractivity contribution is 7.89. The van der Waals surface area contributed by atoms with E-state index < -0.39 is 10.0 Å². The molecule has 1 heterocycles. The van der Waals surface area contributed by atoms with Gasteiger partial charge in [-0.3, -0.25) is 5.10 Å². The molecule has 21 heavy (non-hydrogen) atoms. The van der Waals surface area contributed by atoms with E-state index >= 15 is 0 Å². The van der Waals surface area contributed by atoms with Crippen LogP contribution in [0.2, 0.25) is 0 Å². The summed E-state index contributed by atoms with van der Waals surface area (Å²) in [5.74, 6) is 0.498. The van der Waals surface area contributed by atoms with Gasteiger partial charge in [0.05, 0.1) is 32.1 Å². The number of nitrogens with one attached hydrogen (secondary N) is 2. The lowest BCUT2D eigenvalue weighted by atomic mass is 10.3. The second-order valence-corrected chi connectivity index (χ2v) is 5.89. The first kappa shape index (κ1) is 15.1. The predicted octanol–water partition coefficient (Wildman–Crippen LogP) is 0.488. The van der Waals surface area contributed by atoms with Crippen molar-refractivity contribution in [2.24, 2.45) is 0 Å². The smallest absolute Gasteiger partial charge is 0.244 e. The predicted molar refractivity (Wildman–Crippen MR) is 76.6 cm³/mol. The molecular formula is C12H16N4O4S. The van der Waals surface area contributed by atoms with Gasteiger partial charge in [0.15, 0.2) is 0 Å². The second kappa shape index (κ2) is 6.02. The van der Waals surface area contributed by atoms with Crippen LogP contribution in [0.4, 0.5) is 5.69 Å². The number of aromatic nitrogens is 2. The van der Waals surface area contributed by atoms with Crippen molar-refractivity contribution in [2.45, 2.75) is 11.4 Å². The van der Waals surface area contributed by atoms with Gasteiger partial charge < -0.3 is 15.2 Å². The van der Waals surface area contributed by atoms with Crippen molar-refractivity contribution in [3.05, 3.63) is 30.1 Å². The fraction of sp³-hybridized carbons (Fsp3) is 0.250. The number of anilines is 1. The van der Waals surface area contributed by atoms with Crippen molar-refractivity contribution < 1.29 is 17.9 Å². The minimum Gasteiger partial charge on any atom is -0.495 e. The summed E-state index contributed by atoms with van der Waals surface area (Å²) in [6.07, 6.45) is 1.54. The fourth-order valence-corrected chi connectivity index (χ4v) is 2.93. The van der Waals surface area contributed by atoms with E-state index in [2.05, 4.69) is 14.9 Å². The van der Waals surface area contributed by atoms with E-state index in [0.717, 1.165) is 0 Å². The van der Waals surface area contributed by atoms with Gasteiger partial charge in [-0.1, -0.05) is 0 Å². The fourth-order valence-electron chi connectivity index (χ4n) is 1.74. The molecule has 0 saturated carbocycles. The number of H-pyrrole nitrogens is 1. The van der Waals surface area contributed by atoms with Crippen molar-refractivity contribution >= 4 is 15.7 Å². The molecule has 0 saturated heterocycles. The molecular weight excluding hydrogens is 296 g/mol. The summed E-state index contributed by atoms with van der Waals surface area (Å²) in [5, 5.41) is 6.41. The van der Waals surface area contributed by atoms with E-state index in [1.165, 1.54) is 32.5 Å². The third kappa shape index (κ3) is 3.26. The number of sulfonamides is 1. The first-order valence-electron chi connectivity index (χ1n) is 5.97. The van der Waals surface area contributed by atoms with Gasteiger partial charge >= 0.3 is 0 Å². The normalized spacial score (nSPS) is 11.3. The number of methoxy groups -OCH3 is 2. The molecule has 8 nitrogen and oxygen atoms in total. The highest BCUT2D eigenvalue weighted by Crippen LogP contribution is 2.33. The summed E-state index contributed by atoms with van der Waals surface area (Å²) >= 11 is 0. The Morgan fingerprint density at radius 1 is 1.29 bits per heavy atom. The molecule has 0 amide bonds. The van der Waals surface area contributed by atoms with Gasteiger partial charge in [-0.05, 0) is 12.1 Å².